The minimum Gasteiger partial charge on any atom is -0.458 e. The molecule has 252 valence electrons. The Hall–Kier alpha value is -2.16. The summed E-state index contributed by atoms with van der Waals surface area (Å²) < 4.78 is 30.1. The van der Waals surface area contributed by atoms with Crippen LogP contribution < -0.4 is 5.84 Å². The van der Waals surface area contributed by atoms with E-state index in [9.17, 15) is 24.3 Å². The van der Waals surface area contributed by atoms with Gasteiger partial charge < -0.3 is 33.7 Å². The zero-order chi connectivity index (χ0) is 33.5. The minimum atomic E-state index is -1.45. The molecule has 0 aromatic carbocycles. The van der Waals surface area contributed by atoms with Crippen LogP contribution in [0.3, 0.4) is 0 Å². The second kappa shape index (κ2) is 13.7. The fourth-order valence-corrected chi connectivity index (χ4v) is 7.41. The maximum absolute atomic E-state index is 14.0. The molecule has 3 saturated heterocycles. The molecule has 3 aliphatic heterocycles. The van der Waals surface area contributed by atoms with Crippen molar-refractivity contribution in [3.8, 4) is 0 Å². The molecule has 44 heavy (non-hydrogen) atoms. The van der Waals surface area contributed by atoms with E-state index in [4.69, 9.17) is 29.5 Å². The highest BCUT2D eigenvalue weighted by Gasteiger charge is 2.60. The number of rotatable bonds is 5. The fourth-order valence-electron chi connectivity index (χ4n) is 7.41. The van der Waals surface area contributed by atoms with Gasteiger partial charge in [0, 0.05) is 30.9 Å². The quantitative estimate of drug-likeness (QED) is 0.197. The number of amides is 1. The van der Waals surface area contributed by atoms with Gasteiger partial charge in [-0.25, -0.2) is 15.6 Å². The van der Waals surface area contributed by atoms with Gasteiger partial charge in [-0.2, -0.15) is 0 Å². The first-order valence-electron chi connectivity index (χ1n) is 15.6. The van der Waals surface area contributed by atoms with Crippen molar-refractivity contribution in [2.24, 2.45) is 29.5 Å². The molecule has 0 aliphatic carbocycles. The lowest BCUT2D eigenvalue weighted by Crippen LogP contribution is -2.60. The molecule has 0 unspecified atom stereocenters. The van der Waals surface area contributed by atoms with E-state index in [2.05, 4.69) is 0 Å². The maximum atomic E-state index is 14.0. The molecule has 13 atom stereocenters. The van der Waals surface area contributed by atoms with E-state index in [-0.39, 0.29) is 30.8 Å². The highest BCUT2D eigenvalue weighted by atomic mass is 16.7. The summed E-state index contributed by atoms with van der Waals surface area (Å²) in [6.07, 6.45) is -4.33. The third-order valence-corrected chi connectivity index (χ3v) is 10.1. The predicted molar refractivity (Wildman–Crippen MR) is 159 cm³/mol. The Bertz CT molecular complexity index is 1090. The number of aliphatic hydroxyl groups is 1. The van der Waals surface area contributed by atoms with Gasteiger partial charge in [0.15, 0.2) is 17.7 Å². The van der Waals surface area contributed by atoms with Crippen LogP contribution in [0.1, 0.15) is 74.7 Å². The standard InChI is InChI=1S/C31H53N3O10/c1-12-21-31(8)25(34(32)29(39)44-31)17(4)22(35)15(2)14-30(7,40-11)26(18(5)23(36)19(6)27(38)42-21)43-28-24(37)20(33(9)10)13-16(3)41-28/h15-21,24-26,28,37H,12-14,32H2,1-11H3/t15-,16-,17+,18+,19-,20-,21-,24+,25-,26-,28+,30+,31-/m1/s1. The van der Waals surface area contributed by atoms with Crippen LogP contribution in [-0.2, 0) is 38.1 Å². The van der Waals surface area contributed by atoms with E-state index < -0.39 is 83.4 Å². The first-order valence-corrected chi connectivity index (χ1v) is 15.6. The molecule has 3 aliphatic rings. The summed E-state index contributed by atoms with van der Waals surface area (Å²) in [5, 5.41) is 12.1. The number of hydrazine groups is 1. The van der Waals surface area contributed by atoms with Gasteiger partial charge in [-0.3, -0.25) is 14.4 Å². The smallest absolute Gasteiger partial charge is 0.425 e. The zero-order valence-electron chi connectivity index (χ0n) is 28.1. The number of nitrogens with two attached hydrogens (primary N) is 1. The van der Waals surface area contributed by atoms with Gasteiger partial charge in [0.2, 0.25) is 0 Å². The van der Waals surface area contributed by atoms with E-state index in [0.29, 0.717) is 6.42 Å². The average molecular weight is 628 g/mol. The van der Waals surface area contributed by atoms with Crippen molar-refractivity contribution >= 4 is 23.6 Å². The van der Waals surface area contributed by atoms with Crippen molar-refractivity contribution in [2.75, 3.05) is 21.2 Å². The molecule has 0 bridgehead atoms. The lowest BCUT2D eigenvalue weighted by atomic mass is 9.73. The average Bonchev–Trinajstić information content (AvgIpc) is 3.20. The summed E-state index contributed by atoms with van der Waals surface area (Å²) in [6, 6.07) is -1.22. The van der Waals surface area contributed by atoms with Gasteiger partial charge in [-0.1, -0.05) is 27.7 Å². The molecule has 1 amide bonds. The number of ether oxygens (including phenoxy) is 5. The van der Waals surface area contributed by atoms with Crippen molar-refractivity contribution in [1.82, 2.24) is 9.91 Å². The minimum absolute atomic E-state index is 0.114. The fraction of sp³-hybridized carbons (Fsp3) is 0.871. The van der Waals surface area contributed by atoms with Crippen LogP contribution in [-0.4, -0.2) is 114 Å². The number of esters is 1. The van der Waals surface area contributed by atoms with Crippen LogP contribution in [0, 0.1) is 23.7 Å². The number of carbonyl (C=O) groups is 4. The molecule has 3 N–H and O–H groups in total. The van der Waals surface area contributed by atoms with Gasteiger partial charge in [0.1, 0.15) is 30.0 Å². The van der Waals surface area contributed by atoms with E-state index in [1.807, 2.05) is 25.9 Å². The Morgan fingerprint density at radius 1 is 1.05 bits per heavy atom. The Morgan fingerprint density at radius 3 is 2.20 bits per heavy atom. The van der Waals surface area contributed by atoms with Crippen molar-refractivity contribution in [3.05, 3.63) is 0 Å². The van der Waals surface area contributed by atoms with E-state index >= 15 is 0 Å². The second-order valence-corrected chi connectivity index (χ2v) is 13.6. The molecule has 3 heterocycles. The van der Waals surface area contributed by atoms with Gasteiger partial charge in [-0.15, -0.1) is 0 Å². The number of cyclic esters (lactones) is 1. The topological polar surface area (TPSA) is 167 Å². The summed E-state index contributed by atoms with van der Waals surface area (Å²) >= 11 is 0. The third kappa shape index (κ3) is 6.68. The van der Waals surface area contributed by atoms with Gasteiger partial charge in [0.25, 0.3) is 0 Å². The van der Waals surface area contributed by atoms with Crippen molar-refractivity contribution < 1.29 is 48.0 Å². The van der Waals surface area contributed by atoms with E-state index in [1.165, 1.54) is 14.0 Å². The molecule has 3 rings (SSSR count). The summed E-state index contributed by atoms with van der Waals surface area (Å²) in [5.74, 6) is 1.03. The number of Topliss-reactive ketones (excluding diaryl/α,β-unsaturated/α-hetero) is 2. The number of likely N-dealkylation sites (N-methyl/N-ethyl adjacent to an activating group) is 1. The molecule has 0 radical (unpaired) electrons. The SMILES string of the molecule is CC[C@H]1OC(=O)[C@H](C)C(=O)[C@H](C)[C@@H](O[C@@H]2O[C@H](C)C[C@@H](N(C)C)[C@@H]2O)[C@@](C)(OC)C[C@@H](C)C(=O)[C@H](C)[C@H]2N(N)C(=O)O[C@]12C. The Morgan fingerprint density at radius 2 is 1.66 bits per heavy atom. The van der Waals surface area contributed by atoms with Crippen LogP contribution in [0.2, 0.25) is 0 Å². The summed E-state index contributed by atoms with van der Waals surface area (Å²) in [4.78, 5) is 56.1. The van der Waals surface area contributed by atoms with Crippen LogP contribution in [0.4, 0.5) is 4.79 Å². The van der Waals surface area contributed by atoms with E-state index in [0.717, 1.165) is 5.01 Å². The van der Waals surface area contributed by atoms with Gasteiger partial charge in [0.05, 0.1) is 17.8 Å². The Kier molecular flexibility index (Phi) is 11.3. The van der Waals surface area contributed by atoms with Crippen LogP contribution in [0.5, 0.6) is 0 Å². The number of ketones is 2. The molecule has 13 heteroatoms. The number of hydrogen-bond acceptors (Lipinski definition) is 12. The molecule has 3 fully saturated rings. The van der Waals surface area contributed by atoms with Gasteiger partial charge in [-0.05, 0) is 61.1 Å². The molecular formula is C31H53N3O10. The number of carbonyl (C=O) groups excluding carboxylic acids is 4. The number of fused-ring (bicyclic) bond motifs is 1. The monoisotopic (exact) mass is 627 g/mol. The largest absolute Gasteiger partial charge is 0.458 e. The summed E-state index contributed by atoms with van der Waals surface area (Å²) in [7, 11) is 5.18. The molecule has 0 aromatic heterocycles. The highest BCUT2D eigenvalue weighted by molar-refractivity contribution is 6.00. The second-order valence-electron chi connectivity index (χ2n) is 13.6. The first kappa shape index (κ1) is 36.3. The highest BCUT2D eigenvalue weighted by Crippen LogP contribution is 2.42. The van der Waals surface area contributed by atoms with Crippen LogP contribution >= 0.6 is 0 Å². The molecule has 13 nitrogen and oxygen atoms in total. The Balaban J connectivity index is 2.11. The van der Waals surface area contributed by atoms with Crippen molar-refractivity contribution in [1.29, 1.82) is 0 Å². The number of nitrogens with zero attached hydrogens (tertiary/aromatic N) is 2. The molecule has 0 aromatic rings. The molecule has 0 saturated carbocycles. The number of methoxy groups -OCH3 is 1. The lowest BCUT2D eigenvalue weighted by Gasteiger charge is -2.47. The first-order chi connectivity index (χ1) is 20.3. The van der Waals surface area contributed by atoms with Gasteiger partial charge >= 0.3 is 12.1 Å². The van der Waals surface area contributed by atoms with Crippen LogP contribution in [0.15, 0.2) is 0 Å². The summed E-state index contributed by atoms with van der Waals surface area (Å²) in [5.41, 5.74) is -2.71. The zero-order valence-corrected chi connectivity index (χ0v) is 28.1. The maximum Gasteiger partial charge on any atom is 0.425 e. The summed E-state index contributed by atoms with van der Waals surface area (Å²) in [6.45, 7) is 13.5. The molecular weight excluding hydrogens is 574 g/mol. The molecule has 0 spiro atoms. The number of aliphatic hydroxyl groups excluding tert-OH is 1. The predicted octanol–water partition coefficient (Wildman–Crippen LogP) is 2.06. The number of hydrogen-bond donors (Lipinski definition) is 2. The normalized spacial score (nSPS) is 44.7. The lowest BCUT2D eigenvalue weighted by molar-refractivity contribution is -0.295. The van der Waals surface area contributed by atoms with Crippen LogP contribution in [0.25, 0.3) is 0 Å². The van der Waals surface area contributed by atoms with E-state index in [1.54, 1.807) is 41.5 Å². The van der Waals surface area contributed by atoms with Crippen molar-refractivity contribution in [3.63, 3.8) is 0 Å². The Labute approximate surface area is 261 Å². The third-order valence-electron chi connectivity index (χ3n) is 10.1. The van der Waals surface area contributed by atoms with Crippen molar-refractivity contribution in [2.45, 2.75) is 129 Å².